The fourth-order valence-corrected chi connectivity index (χ4v) is 9.00. The SMILES string of the molecule is CC/C=C\C/C=C\C/C=C\C/C=C\C/C=C\CCCC(=O)OC[C@H](COC(=O)CCCCCCCCC/C=C\CCCCCCCCCC)OC(=O)CCCCCCCCCCCCCCCCCCCCC. The third kappa shape index (κ3) is 59.6. The molecule has 0 aromatic carbocycles. The van der Waals surface area contributed by atoms with Crippen LogP contribution in [0.15, 0.2) is 72.9 Å². The van der Waals surface area contributed by atoms with Crippen LogP contribution in [0.25, 0.3) is 0 Å². The Kier molecular flexibility index (Phi) is 58.7. The molecule has 6 heteroatoms. The van der Waals surface area contributed by atoms with E-state index in [2.05, 4.69) is 93.7 Å². The van der Waals surface area contributed by atoms with Crippen molar-refractivity contribution in [3.05, 3.63) is 72.9 Å². The number of allylic oxidation sites excluding steroid dienone is 12. The lowest BCUT2D eigenvalue weighted by Crippen LogP contribution is -2.30. The highest BCUT2D eigenvalue weighted by Gasteiger charge is 2.19. The molecule has 422 valence electrons. The molecule has 0 rings (SSSR count). The summed E-state index contributed by atoms with van der Waals surface area (Å²) >= 11 is 0. The van der Waals surface area contributed by atoms with Gasteiger partial charge in [-0.1, -0.05) is 286 Å². The quantitative estimate of drug-likeness (QED) is 0.0261. The predicted molar refractivity (Wildman–Crippen MR) is 316 cm³/mol. The van der Waals surface area contributed by atoms with Gasteiger partial charge in [-0.15, -0.1) is 0 Å². The third-order valence-corrected chi connectivity index (χ3v) is 13.7. The van der Waals surface area contributed by atoms with Crippen molar-refractivity contribution >= 4 is 17.9 Å². The number of esters is 3. The molecule has 0 amide bonds. The summed E-state index contributed by atoms with van der Waals surface area (Å²) in [7, 11) is 0. The molecular formula is C67H118O6. The molecule has 0 aliphatic rings. The number of hydrogen-bond acceptors (Lipinski definition) is 6. The lowest BCUT2D eigenvalue weighted by Gasteiger charge is -2.18. The van der Waals surface area contributed by atoms with E-state index in [-0.39, 0.29) is 37.5 Å². The van der Waals surface area contributed by atoms with Gasteiger partial charge in [-0.3, -0.25) is 14.4 Å². The Balaban J connectivity index is 4.42. The van der Waals surface area contributed by atoms with E-state index < -0.39 is 6.10 Å². The van der Waals surface area contributed by atoms with Crippen LogP contribution < -0.4 is 0 Å². The summed E-state index contributed by atoms with van der Waals surface area (Å²) in [5.74, 6) is -0.941. The van der Waals surface area contributed by atoms with Crippen LogP contribution in [0.3, 0.4) is 0 Å². The second-order valence-corrected chi connectivity index (χ2v) is 20.9. The van der Waals surface area contributed by atoms with Crippen LogP contribution in [0.5, 0.6) is 0 Å². The first kappa shape index (κ1) is 69.8. The van der Waals surface area contributed by atoms with Crippen LogP contribution in [0, 0.1) is 0 Å². The summed E-state index contributed by atoms with van der Waals surface area (Å²) < 4.78 is 16.9. The van der Waals surface area contributed by atoms with Gasteiger partial charge < -0.3 is 14.2 Å². The van der Waals surface area contributed by atoms with Gasteiger partial charge in [0, 0.05) is 19.3 Å². The van der Waals surface area contributed by atoms with Crippen LogP contribution in [0.2, 0.25) is 0 Å². The molecule has 0 aliphatic heterocycles. The number of hydrogen-bond donors (Lipinski definition) is 0. The molecule has 0 radical (unpaired) electrons. The average Bonchev–Trinajstić information content (AvgIpc) is 3.39. The molecule has 0 saturated carbocycles. The zero-order valence-corrected chi connectivity index (χ0v) is 48.4. The Bertz CT molecular complexity index is 1360. The topological polar surface area (TPSA) is 78.9 Å². The van der Waals surface area contributed by atoms with Gasteiger partial charge in [-0.2, -0.15) is 0 Å². The van der Waals surface area contributed by atoms with Crippen LogP contribution in [-0.4, -0.2) is 37.2 Å². The second kappa shape index (κ2) is 61.4. The molecule has 0 saturated heterocycles. The molecule has 1 atom stereocenters. The fourth-order valence-electron chi connectivity index (χ4n) is 9.00. The summed E-state index contributed by atoms with van der Waals surface area (Å²) in [6.45, 7) is 6.52. The van der Waals surface area contributed by atoms with Gasteiger partial charge in [-0.25, -0.2) is 0 Å². The van der Waals surface area contributed by atoms with E-state index in [1.54, 1.807) is 0 Å². The molecule has 0 aliphatic carbocycles. The highest BCUT2D eigenvalue weighted by atomic mass is 16.6. The second-order valence-electron chi connectivity index (χ2n) is 20.9. The minimum Gasteiger partial charge on any atom is -0.462 e. The van der Waals surface area contributed by atoms with E-state index in [9.17, 15) is 14.4 Å². The van der Waals surface area contributed by atoms with Crippen LogP contribution in [-0.2, 0) is 28.6 Å². The molecule has 73 heavy (non-hydrogen) atoms. The van der Waals surface area contributed by atoms with Gasteiger partial charge >= 0.3 is 17.9 Å². The summed E-state index contributed by atoms with van der Waals surface area (Å²) in [5, 5.41) is 0. The molecule has 0 spiro atoms. The maximum absolute atomic E-state index is 12.9. The van der Waals surface area contributed by atoms with Crippen molar-refractivity contribution in [2.75, 3.05) is 13.2 Å². The predicted octanol–water partition coefficient (Wildman–Crippen LogP) is 21.3. The zero-order chi connectivity index (χ0) is 52.9. The molecule has 0 fully saturated rings. The number of carbonyl (C=O) groups excluding carboxylic acids is 3. The van der Waals surface area contributed by atoms with E-state index in [1.807, 2.05) is 0 Å². The minimum atomic E-state index is -0.799. The van der Waals surface area contributed by atoms with Crippen molar-refractivity contribution in [2.24, 2.45) is 0 Å². The fraction of sp³-hybridized carbons (Fsp3) is 0.776. The molecule has 0 heterocycles. The Labute approximate surface area is 453 Å². The minimum absolute atomic E-state index is 0.0926. The van der Waals surface area contributed by atoms with Gasteiger partial charge in [0.15, 0.2) is 6.10 Å². The number of ether oxygens (including phenoxy) is 3. The van der Waals surface area contributed by atoms with E-state index in [1.165, 1.54) is 193 Å². The molecule has 6 nitrogen and oxygen atoms in total. The van der Waals surface area contributed by atoms with Crippen molar-refractivity contribution in [1.29, 1.82) is 0 Å². The maximum atomic E-state index is 12.9. The van der Waals surface area contributed by atoms with Gasteiger partial charge in [0.1, 0.15) is 13.2 Å². The summed E-state index contributed by atoms with van der Waals surface area (Å²) in [6.07, 6.45) is 79.1. The molecule has 0 N–H and O–H groups in total. The van der Waals surface area contributed by atoms with Crippen molar-refractivity contribution in [2.45, 2.75) is 322 Å². The highest BCUT2D eigenvalue weighted by molar-refractivity contribution is 5.71. The van der Waals surface area contributed by atoms with E-state index in [0.717, 1.165) is 77.0 Å². The monoisotopic (exact) mass is 1020 g/mol. The van der Waals surface area contributed by atoms with Crippen molar-refractivity contribution in [1.82, 2.24) is 0 Å². The molecule has 0 aromatic heterocycles. The first-order chi connectivity index (χ1) is 36.0. The molecule has 0 aromatic rings. The maximum Gasteiger partial charge on any atom is 0.306 e. The van der Waals surface area contributed by atoms with E-state index >= 15 is 0 Å². The largest absolute Gasteiger partial charge is 0.462 e. The lowest BCUT2D eigenvalue weighted by atomic mass is 10.0. The van der Waals surface area contributed by atoms with E-state index in [4.69, 9.17) is 14.2 Å². The Morgan fingerprint density at radius 2 is 0.548 bits per heavy atom. The van der Waals surface area contributed by atoms with Gasteiger partial charge in [0.2, 0.25) is 0 Å². The van der Waals surface area contributed by atoms with Gasteiger partial charge in [0.25, 0.3) is 0 Å². The Hall–Kier alpha value is -3.15. The van der Waals surface area contributed by atoms with E-state index in [0.29, 0.717) is 19.3 Å². The van der Waals surface area contributed by atoms with Crippen LogP contribution in [0.1, 0.15) is 316 Å². The highest BCUT2D eigenvalue weighted by Crippen LogP contribution is 2.17. The Morgan fingerprint density at radius 1 is 0.288 bits per heavy atom. The lowest BCUT2D eigenvalue weighted by molar-refractivity contribution is -0.167. The average molecular weight is 1020 g/mol. The number of unbranched alkanes of at least 4 members (excludes halogenated alkanes) is 34. The van der Waals surface area contributed by atoms with Crippen LogP contribution >= 0.6 is 0 Å². The molecule has 0 bridgehead atoms. The summed E-state index contributed by atoms with van der Waals surface area (Å²) in [4.78, 5) is 38.3. The first-order valence-electron chi connectivity index (χ1n) is 31.4. The standard InChI is InChI=1S/C67H118O6/c1-4-7-10-13-16-19-22-25-28-31-33-36-39-42-45-48-51-54-57-60-66(69)72-63-64(62-71-65(68)59-56-53-50-47-44-41-38-35-30-27-24-21-18-15-12-9-6-3)73-67(70)61-58-55-52-49-46-43-40-37-34-32-29-26-23-20-17-14-11-8-5-2/h9,12,18,21,27,30-31,33,38,41,47,50,64H,4-8,10-11,13-17,19-20,22-26,28-29,32,34-37,39-40,42-46,48-49,51-63H2,1-3H3/b12-9-,21-18-,30-27-,33-31-,41-38-,50-47-/t64-/m1/s1. The normalized spacial score (nSPS) is 12.5. The van der Waals surface area contributed by atoms with Gasteiger partial charge in [-0.05, 0) is 83.5 Å². The van der Waals surface area contributed by atoms with Gasteiger partial charge in [0.05, 0.1) is 0 Å². The molecule has 0 unspecified atom stereocenters. The van der Waals surface area contributed by atoms with Crippen molar-refractivity contribution in [3.63, 3.8) is 0 Å². The smallest absolute Gasteiger partial charge is 0.306 e. The zero-order valence-electron chi connectivity index (χ0n) is 48.4. The summed E-state index contributed by atoms with van der Waals surface area (Å²) in [5.41, 5.74) is 0. The Morgan fingerprint density at radius 3 is 0.904 bits per heavy atom. The molecular weight excluding hydrogens is 901 g/mol. The van der Waals surface area contributed by atoms with Crippen molar-refractivity contribution in [3.8, 4) is 0 Å². The third-order valence-electron chi connectivity index (χ3n) is 13.7. The number of rotatable bonds is 57. The van der Waals surface area contributed by atoms with Crippen LogP contribution in [0.4, 0.5) is 0 Å². The van der Waals surface area contributed by atoms with Crippen molar-refractivity contribution < 1.29 is 28.6 Å². The first-order valence-corrected chi connectivity index (χ1v) is 31.4. The summed E-state index contributed by atoms with van der Waals surface area (Å²) in [6, 6.07) is 0. The number of carbonyl (C=O) groups is 3.